The van der Waals surface area contributed by atoms with Crippen molar-refractivity contribution < 1.29 is 20.1 Å². The number of nitrogens with two attached hydrogens (primary N) is 1. The smallest absolute Gasteiger partial charge is 0.242 e. The molecule has 2 unspecified atom stereocenters. The van der Waals surface area contributed by atoms with Gasteiger partial charge in [0.05, 0.1) is 0 Å². The van der Waals surface area contributed by atoms with Gasteiger partial charge in [0, 0.05) is 14.1 Å². The van der Waals surface area contributed by atoms with E-state index in [0.29, 0.717) is 0 Å². The third-order valence-corrected chi connectivity index (χ3v) is 2.41. The standard InChI is InChI=1S/C11H16N2O4/c1-13(2)11(17)9(12)10(16)6-3-4-7(14)8(15)5-6/h3-5,9-10,14-16H,12H2,1-2H3. The highest BCUT2D eigenvalue weighted by atomic mass is 16.3. The third kappa shape index (κ3) is 2.86. The highest BCUT2D eigenvalue weighted by Crippen LogP contribution is 2.28. The van der Waals surface area contributed by atoms with E-state index in [4.69, 9.17) is 10.8 Å². The van der Waals surface area contributed by atoms with E-state index in [1.54, 1.807) is 0 Å². The lowest BCUT2D eigenvalue weighted by molar-refractivity contribution is -0.132. The molecule has 0 aliphatic rings. The molecule has 2 atom stereocenters. The Morgan fingerprint density at radius 2 is 1.88 bits per heavy atom. The van der Waals surface area contributed by atoms with Gasteiger partial charge in [-0.25, -0.2) is 0 Å². The Morgan fingerprint density at radius 1 is 1.29 bits per heavy atom. The topological polar surface area (TPSA) is 107 Å². The molecule has 5 N–H and O–H groups in total. The molecule has 1 amide bonds. The number of aliphatic hydroxyl groups excluding tert-OH is 1. The van der Waals surface area contributed by atoms with Crippen molar-refractivity contribution in [1.29, 1.82) is 0 Å². The van der Waals surface area contributed by atoms with Crippen LogP contribution in [0.1, 0.15) is 11.7 Å². The molecule has 0 bridgehead atoms. The van der Waals surface area contributed by atoms with Crippen LogP contribution in [-0.2, 0) is 4.79 Å². The lowest BCUT2D eigenvalue weighted by Gasteiger charge is -2.21. The van der Waals surface area contributed by atoms with E-state index in [9.17, 15) is 15.0 Å². The minimum absolute atomic E-state index is 0.267. The largest absolute Gasteiger partial charge is 0.504 e. The molecule has 6 nitrogen and oxygen atoms in total. The van der Waals surface area contributed by atoms with E-state index in [1.165, 1.54) is 37.2 Å². The van der Waals surface area contributed by atoms with Crippen LogP contribution >= 0.6 is 0 Å². The Morgan fingerprint density at radius 3 is 2.35 bits per heavy atom. The Bertz CT molecular complexity index is 420. The summed E-state index contributed by atoms with van der Waals surface area (Å²) in [5, 5.41) is 28.3. The van der Waals surface area contributed by atoms with Gasteiger partial charge >= 0.3 is 0 Å². The number of phenols is 2. The lowest BCUT2D eigenvalue weighted by Crippen LogP contribution is -2.43. The Balaban J connectivity index is 2.92. The van der Waals surface area contributed by atoms with Crippen LogP contribution in [0.3, 0.4) is 0 Å². The van der Waals surface area contributed by atoms with Crippen LogP contribution in [0, 0.1) is 0 Å². The summed E-state index contributed by atoms with van der Waals surface area (Å²) >= 11 is 0. The summed E-state index contributed by atoms with van der Waals surface area (Å²) in [6, 6.07) is 2.67. The molecule has 1 aromatic carbocycles. The molecular formula is C11H16N2O4. The average Bonchev–Trinajstić information content (AvgIpc) is 2.29. The summed E-state index contributed by atoms with van der Waals surface area (Å²) in [7, 11) is 3.06. The molecule has 0 spiro atoms. The minimum Gasteiger partial charge on any atom is -0.504 e. The SMILES string of the molecule is CN(C)C(=O)C(N)C(O)c1ccc(O)c(O)c1. The number of hydrogen-bond donors (Lipinski definition) is 4. The van der Waals surface area contributed by atoms with Crippen molar-refractivity contribution in [2.75, 3.05) is 14.1 Å². The first-order valence-electron chi connectivity index (χ1n) is 5.01. The summed E-state index contributed by atoms with van der Waals surface area (Å²) in [6.45, 7) is 0. The van der Waals surface area contributed by atoms with Gasteiger partial charge in [0.1, 0.15) is 12.1 Å². The normalized spacial score (nSPS) is 14.1. The van der Waals surface area contributed by atoms with Crippen LogP contribution in [-0.4, -0.2) is 46.3 Å². The average molecular weight is 240 g/mol. The molecule has 0 aliphatic carbocycles. The molecule has 17 heavy (non-hydrogen) atoms. The molecule has 0 radical (unpaired) electrons. The van der Waals surface area contributed by atoms with Gasteiger partial charge in [-0.1, -0.05) is 6.07 Å². The number of likely N-dealkylation sites (N-methyl/N-ethyl adjacent to an activating group) is 1. The van der Waals surface area contributed by atoms with Crippen molar-refractivity contribution in [2.24, 2.45) is 5.73 Å². The summed E-state index contributed by atoms with van der Waals surface area (Å²) in [6.07, 6.45) is -1.24. The highest BCUT2D eigenvalue weighted by Gasteiger charge is 2.25. The van der Waals surface area contributed by atoms with Crippen LogP contribution in [0.25, 0.3) is 0 Å². The van der Waals surface area contributed by atoms with Gasteiger partial charge in [-0.3, -0.25) is 4.79 Å². The second-order valence-corrected chi connectivity index (χ2v) is 3.95. The molecule has 0 saturated heterocycles. The number of aromatic hydroxyl groups is 2. The number of benzene rings is 1. The highest BCUT2D eigenvalue weighted by molar-refractivity contribution is 5.82. The van der Waals surface area contributed by atoms with Crippen molar-refractivity contribution in [3.63, 3.8) is 0 Å². The van der Waals surface area contributed by atoms with Gasteiger partial charge in [-0.15, -0.1) is 0 Å². The van der Waals surface area contributed by atoms with E-state index < -0.39 is 18.1 Å². The van der Waals surface area contributed by atoms with Crippen LogP contribution < -0.4 is 5.73 Å². The van der Waals surface area contributed by atoms with Crippen molar-refractivity contribution in [2.45, 2.75) is 12.1 Å². The van der Waals surface area contributed by atoms with Gasteiger partial charge in [0.25, 0.3) is 0 Å². The van der Waals surface area contributed by atoms with Crippen LogP contribution in [0.5, 0.6) is 11.5 Å². The molecule has 0 saturated carbocycles. The first kappa shape index (κ1) is 13.3. The van der Waals surface area contributed by atoms with Gasteiger partial charge < -0.3 is 26.0 Å². The molecular weight excluding hydrogens is 224 g/mol. The summed E-state index contributed by atoms with van der Waals surface area (Å²) in [5.74, 6) is -1.09. The molecule has 1 aromatic rings. The summed E-state index contributed by atoms with van der Waals surface area (Å²) in [4.78, 5) is 12.8. The van der Waals surface area contributed by atoms with Crippen LogP contribution in [0.4, 0.5) is 0 Å². The molecule has 0 aromatic heterocycles. The maximum atomic E-state index is 11.5. The Hall–Kier alpha value is -1.79. The van der Waals surface area contributed by atoms with E-state index >= 15 is 0 Å². The first-order valence-corrected chi connectivity index (χ1v) is 5.01. The zero-order valence-corrected chi connectivity index (χ0v) is 9.66. The van der Waals surface area contributed by atoms with Crippen LogP contribution in [0.15, 0.2) is 18.2 Å². The molecule has 1 rings (SSSR count). The monoisotopic (exact) mass is 240 g/mol. The van der Waals surface area contributed by atoms with E-state index in [2.05, 4.69) is 0 Å². The van der Waals surface area contributed by atoms with E-state index in [-0.39, 0.29) is 17.1 Å². The Labute approximate surface area is 98.9 Å². The van der Waals surface area contributed by atoms with Crippen molar-refractivity contribution >= 4 is 5.91 Å². The van der Waals surface area contributed by atoms with E-state index in [0.717, 1.165) is 0 Å². The zero-order valence-electron chi connectivity index (χ0n) is 9.66. The number of aliphatic hydroxyl groups is 1. The molecule has 0 fully saturated rings. The number of carbonyl (C=O) groups is 1. The molecule has 94 valence electrons. The summed E-state index contributed by atoms with van der Waals surface area (Å²) in [5.41, 5.74) is 5.86. The van der Waals surface area contributed by atoms with Crippen molar-refractivity contribution in [1.82, 2.24) is 4.90 Å². The van der Waals surface area contributed by atoms with Crippen molar-refractivity contribution in [3.05, 3.63) is 23.8 Å². The zero-order chi connectivity index (χ0) is 13.2. The fraction of sp³-hybridized carbons (Fsp3) is 0.364. The maximum Gasteiger partial charge on any atom is 0.242 e. The van der Waals surface area contributed by atoms with Gasteiger partial charge in [0.2, 0.25) is 5.91 Å². The molecule has 6 heteroatoms. The van der Waals surface area contributed by atoms with Gasteiger partial charge in [0.15, 0.2) is 11.5 Å². The molecule has 0 aliphatic heterocycles. The fourth-order valence-electron chi connectivity index (χ4n) is 1.36. The quantitative estimate of drug-likeness (QED) is 0.535. The predicted octanol–water partition coefficient (Wildman–Crippen LogP) is -0.453. The number of hydrogen-bond acceptors (Lipinski definition) is 5. The second kappa shape index (κ2) is 5.03. The van der Waals surface area contributed by atoms with Crippen molar-refractivity contribution in [3.8, 4) is 11.5 Å². The van der Waals surface area contributed by atoms with Gasteiger partial charge in [-0.2, -0.15) is 0 Å². The fourth-order valence-corrected chi connectivity index (χ4v) is 1.36. The number of phenolic OH excluding ortho intramolecular Hbond substituents is 2. The third-order valence-electron chi connectivity index (χ3n) is 2.41. The number of rotatable bonds is 3. The maximum absolute atomic E-state index is 11.5. The minimum atomic E-state index is -1.24. The van der Waals surface area contributed by atoms with Crippen LogP contribution in [0.2, 0.25) is 0 Å². The second-order valence-electron chi connectivity index (χ2n) is 3.95. The lowest BCUT2D eigenvalue weighted by atomic mass is 10.0. The number of carbonyl (C=O) groups excluding carboxylic acids is 1. The number of nitrogens with zero attached hydrogens (tertiary/aromatic N) is 1. The van der Waals surface area contributed by atoms with Gasteiger partial charge in [-0.05, 0) is 17.7 Å². The Kier molecular flexibility index (Phi) is 3.93. The predicted molar refractivity (Wildman–Crippen MR) is 61.4 cm³/mol. The molecule has 0 heterocycles. The summed E-state index contributed by atoms with van der Waals surface area (Å²) < 4.78 is 0. The van der Waals surface area contributed by atoms with E-state index in [1.807, 2.05) is 0 Å². The number of amides is 1. The first-order chi connectivity index (χ1) is 7.84.